The predicted molar refractivity (Wildman–Crippen MR) is 116 cm³/mol. The van der Waals surface area contributed by atoms with Crippen LogP contribution in [0.4, 0.5) is 5.69 Å². The predicted octanol–water partition coefficient (Wildman–Crippen LogP) is 4.71. The van der Waals surface area contributed by atoms with Gasteiger partial charge in [0.15, 0.2) is 11.5 Å². The number of methoxy groups -OCH3 is 1. The molecule has 3 heterocycles. The van der Waals surface area contributed by atoms with Crippen LogP contribution in [0.25, 0.3) is 22.7 Å². The minimum Gasteiger partial charge on any atom is -0.504 e. The van der Waals surface area contributed by atoms with Gasteiger partial charge in [-0.2, -0.15) is 0 Å². The first-order valence-electron chi connectivity index (χ1n) is 10.2. The maximum Gasteiger partial charge on any atom is 0.172 e. The number of benzene rings is 2. The number of furan rings is 1. The Morgan fingerprint density at radius 1 is 1.17 bits per heavy atom. The lowest BCUT2D eigenvalue weighted by Crippen LogP contribution is -2.44. The molecule has 2 N–H and O–H groups in total. The second-order valence-electron chi connectivity index (χ2n) is 7.58. The van der Waals surface area contributed by atoms with Gasteiger partial charge in [0.2, 0.25) is 0 Å². The average Bonchev–Trinajstić information content (AvgIpc) is 3.34. The summed E-state index contributed by atoms with van der Waals surface area (Å²) >= 11 is 0. The highest BCUT2D eigenvalue weighted by Gasteiger charge is 2.27. The van der Waals surface area contributed by atoms with Crippen molar-refractivity contribution in [1.82, 2.24) is 10.2 Å². The minimum absolute atomic E-state index is 0.0868. The number of hydrogen-bond acceptors (Lipinski definition) is 7. The van der Waals surface area contributed by atoms with E-state index in [1.165, 1.54) is 0 Å². The van der Waals surface area contributed by atoms with Crippen molar-refractivity contribution >= 4 is 28.4 Å². The molecule has 1 fully saturated rings. The summed E-state index contributed by atoms with van der Waals surface area (Å²) in [5.74, 6) is 1.23. The van der Waals surface area contributed by atoms with Gasteiger partial charge in [0.1, 0.15) is 11.3 Å². The molecule has 1 saturated heterocycles. The van der Waals surface area contributed by atoms with Gasteiger partial charge in [-0.1, -0.05) is 18.2 Å². The summed E-state index contributed by atoms with van der Waals surface area (Å²) in [5, 5.41) is 23.4. The molecule has 2 aliphatic rings. The number of nitrogens with one attached hydrogen (secondary N) is 1. The fraction of sp³-hybridized carbons (Fsp3) is 0.304. The molecule has 5 rings (SSSR count). The van der Waals surface area contributed by atoms with Gasteiger partial charge in [0.05, 0.1) is 29.4 Å². The number of hydrogen-bond donors (Lipinski definition) is 2. The van der Waals surface area contributed by atoms with Crippen LogP contribution in [0.15, 0.2) is 51.0 Å². The number of ether oxygens (including phenoxy) is 1. The zero-order valence-corrected chi connectivity index (χ0v) is 17.1. The lowest BCUT2D eigenvalue weighted by molar-refractivity contribution is 0.183. The van der Waals surface area contributed by atoms with E-state index in [9.17, 15) is 5.11 Å². The van der Waals surface area contributed by atoms with E-state index < -0.39 is 0 Å². The summed E-state index contributed by atoms with van der Waals surface area (Å²) in [6, 6.07) is 11.6. The van der Waals surface area contributed by atoms with Crippen molar-refractivity contribution < 1.29 is 14.3 Å². The lowest BCUT2D eigenvalue weighted by atomic mass is 10.0. The van der Waals surface area contributed by atoms with E-state index in [0.717, 1.165) is 48.7 Å². The summed E-state index contributed by atoms with van der Waals surface area (Å²) in [4.78, 5) is 2.40. The Morgan fingerprint density at radius 2 is 1.97 bits per heavy atom. The monoisotopic (exact) mass is 404 g/mol. The topological polar surface area (TPSA) is 82.6 Å². The van der Waals surface area contributed by atoms with E-state index in [1.807, 2.05) is 36.4 Å². The molecule has 0 spiro atoms. The molecule has 30 heavy (non-hydrogen) atoms. The normalized spacial score (nSPS) is 18.8. The third kappa shape index (κ3) is 3.07. The van der Waals surface area contributed by atoms with Crippen LogP contribution < -0.4 is 10.1 Å². The first-order valence-corrected chi connectivity index (χ1v) is 10.2. The minimum atomic E-state index is 0.0868. The largest absolute Gasteiger partial charge is 0.504 e. The summed E-state index contributed by atoms with van der Waals surface area (Å²) < 4.78 is 11.9. The fourth-order valence-corrected chi connectivity index (χ4v) is 4.26. The molecule has 2 aromatic carbocycles. The molecule has 1 atom stereocenters. The molecule has 0 amide bonds. The zero-order chi connectivity index (χ0) is 20.7. The highest BCUT2D eigenvalue weighted by atomic mass is 16.5. The summed E-state index contributed by atoms with van der Waals surface area (Å²) in [7, 11) is 1.66. The second kappa shape index (κ2) is 7.59. The van der Waals surface area contributed by atoms with Crippen LogP contribution in [0.3, 0.4) is 0 Å². The van der Waals surface area contributed by atoms with Crippen LogP contribution in [-0.2, 0) is 0 Å². The first kappa shape index (κ1) is 18.8. The Hall–Kier alpha value is -3.16. The Kier molecular flexibility index (Phi) is 4.77. The van der Waals surface area contributed by atoms with Crippen LogP contribution in [0, 0.1) is 0 Å². The number of aromatic hydroxyl groups is 1. The van der Waals surface area contributed by atoms with Crippen molar-refractivity contribution in [1.29, 1.82) is 0 Å². The van der Waals surface area contributed by atoms with E-state index in [2.05, 4.69) is 27.4 Å². The molecule has 2 aliphatic heterocycles. The molecule has 0 saturated carbocycles. The Labute approximate surface area is 174 Å². The molecular weight excluding hydrogens is 380 g/mol. The molecule has 0 bridgehead atoms. The third-order valence-electron chi connectivity index (χ3n) is 5.91. The van der Waals surface area contributed by atoms with Crippen LogP contribution in [-0.4, -0.2) is 43.3 Å². The summed E-state index contributed by atoms with van der Waals surface area (Å²) in [5.41, 5.74) is 4.00. The SMILES string of the molecule is COc1ccc2c(O)c(C=C3N=Nc4ccccc43)oc2c1C(C)N1CCNCC1. The zero-order valence-electron chi connectivity index (χ0n) is 17.1. The third-order valence-corrected chi connectivity index (χ3v) is 5.91. The van der Waals surface area contributed by atoms with Crippen LogP contribution >= 0.6 is 0 Å². The van der Waals surface area contributed by atoms with Crippen LogP contribution in [0.1, 0.15) is 29.9 Å². The van der Waals surface area contributed by atoms with E-state index in [1.54, 1.807) is 13.2 Å². The smallest absolute Gasteiger partial charge is 0.172 e. The number of nitrogens with zero attached hydrogens (tertiary/aromatic N) is 3. The number of fused-ring (bicyclic) bond motifs is 2. The van der Waals surface area contributed by atoms with E-state index in [0.29, 0.717) is 22.4 Å². The van der Waals surface area contributed by atoms with Crippen molar-refractivity contribution in [2.24, 2.45) is 10.2 Å². The van der Waals surface area contributed by atoms with Gasteiger partial charge in [0, 0.05) is 43.9 Å². The second-order valence-corrected chi connectivity index (χ2v) is 7.58. The van der Waals surface area contributed by atoms with Gasteiger partial charge in [0.25, 0.3) is 0 Å². The van der Waals surface area contributed by atoms with Crippen molar-refractivity contribution in [3.8, 4) is 11.5 Å². The van der Waals surface area contributed by atoms with Gasteiger partial charge in [-0.15, -0.1) is 10.2 Å². The molecule has 7 nitrogen and oxygen atoms in total. The lowest BCUT2D eigenvalue weighted by Gasteiger charge is -2.33. The average molecular weight is 404 g/mol. The van der Waals surface area contributed by atoms with Crippen molar-refractivity contribution in [2.45, 2.75) is 13.0 Å². The van der Waals surface area contributed by atoms with Crippen molar-refractivity contribution in [3.05, 3.63) is 53.3 Å². The van der Waals surface area contributed by atoms with Gasteiger partial charge in [-0.3, -0.25) is 4.90 Å². The van der Waals surface area contributed by atoms with Crippen molar-refractivity contribution in [3.63, 3.8) is 0 Å². The maximum absolute atomic E-state index is 10.9. The molecule has 3 aromatic rings. The molecule has 1 unspecified atom stereocenters. The quantitative estimate of drug-likeness (QED) is 0.658. The highest BCUT2D eigenvalue weighted by Crippen LogP contribution is 2.44. The molecule has 154 valence electrons. The van der Waals surface area contributed by atoms with E-state index >= 15 is 0 Å². The molecular formula is C23H24N4O3. The fourth-order valence-electron chi connectivity index (χ4n) is 4.26. The van der Waals surface area contributed by atoms with Gasteiger partial charge in [-0.25, -0.2) is 0 Å². The van der Waals surface area contributed by atoms with Crippen molar-refractivity contribution in [2.75, 3.05) is 33.3 Å². The number of azo groups is 1. The molecule has 0 aliphatic carbocycles. The summed E-state index contributed by atoms with van der Waals surface area (Å²) in [6.45, 7) is 5.95. The Bertz CT molecular complexity index is 1160. The number of rotatable bonds is 4. The Balaban J connectivity index is 1.62. The van der Waals surface area contributed by atoms with Crippen LogP contribution in [0.2, 0.25) is 0 Å². The maximum atomic E-state index is 10.9. The van der Waals surface area contributed by atoms with Gasteiger partial charge < -0.3 is 19.6 Å². The first-order chi connectivity index (χ1) is 14.7. The summed E-state index contributed by atoms with van der Waals surface area (Å²) in [6.07, 6.45) is 1.75. The number of piperazine rings is 1. The van der Waals surface area contributed by atoms with Crippen LogP contribution in [0.5, 0.6) is 11.5 Å². The van der Waals surface area contributed by atoms with E-state index in [-0.39, 0.29) is 11.8 Å². The van der Waals surface area contributed by atoms with Gasteiger partial charge in [-0.05, 0) is 25.1 Å². The standard InChI is InChI=1S/C23H24N4O3/c1-14(27-11-9-24-10-12-27)21-19(29-2)8-7-16-22(28)20(30-23(16)21)13-18-15-5-3-4-6-17(15)25-26-18/h3-8,13-14,24,28H,9-12H2,1-2H3. The Morgan fingerprint density at radius 3 is 2.77 bits per heavy atom. The molecule has 7 heteroatoms. The molecule has 0 radical (unpaired) electrons. The van der Waals surface area contributed by atoms with Gasteiger partial charge >= 0.3 is 0 Å². The van der Waals surface area contributed by atoms with E-state index in [4.69, 9.17) is 9.15 Å². The molecule has 1 aromatic heterocycles. The highest BCUT2D eigenvalue weighted by molar-refractivity contribution is 5.95.